The van der Waals surface area contributed by atoms with Crippen molar-refractivity contribution in [2.45, 2.75) is 6.18 Å². The fourth-order valence-corrected chi connectivity index (χ4v) is 0.960. The van der Waals surface area contributed by atoms with Crippen molar-refractivity contribution in [1.29, 1.82) is 0 Å². The van der Waals surface area contributed by atoms with E-state index in [4.69, 9.17) is 0 Å². The Morgan fingerprint density at radius 1 is 1.12 bits per heavy atom. The normalized spacial score (nSPS) is 11.5. The van der Waals surface area contributed by atoms with E-state index in [0.29, 0.717) is 5.56 Å². The maximum atomic E-state index is 11.8. The number of hydrogen-bond acceptors (Lipinski definition) is 2. The van der Waals surface area contributed by atoms with Crippen LogP contribution in [-0.2, 0) is 9.59 Å². The van der Waals surface area contributed by atoms with Gasteiger partial charge in [0, 0.05) is 6.08 Å². The zero-order valence-electron chi connectivity index (χ0n) is 8.49. The first kappa shape index (κ1) is 13.0. The van der Waals surface area contributed by atoms with Crippen LogP contribution >= 0.6 is 0 Å². The fraction of sp³-hybridized carbons (Fsp3) is 0.0909. The molecule has 0 atom stereocenters. The second-order valence-corrected chi connectivity index (χ2v) is 3.06. The third kappa shape index (κ3) is 4.50. The largest absolute Gasteiger partial charge is 0.471 e. The van der Waals surface area contributed by atoms with Gasteiger partial charge < -0.3 is 0 Å². The Balaban J connectivity index is 2.57. The summed E-state index contributed by atoms with van der Waals surface area (Å²) in [5.41, 5.74) is 0.641. The number of benzene rings is 1. The van der Waals surface area contributed by atoms with E-state index < -0.39 is 18.0 Å². The molecule has 6 heteroatoms. The molecule has 1 aromatic rings. The van der Waals surface area contributed by atoms with Gasteiger partial charge in [0.25, 0.3) is 5.91 Å². The quantitative estimate of drug-likeness (QED) is 0.806. The van der Waals surface area contributed by atoms with E-state index >= 15 is 0 Å². The van der Waals surface area contributed by atoms with Gasteiger partial charge in [0.1, 0.15) is 0 Å². The summed E-state index contributed by atoms with van der Waals surface area (Å²) in [5, 5.41) is 1.20. The number of carbonyl (C=O) groups is 2. The first-order valence-corrected chi connectivity index (χ1v) is 4.55. The average Bonchev–Trinajstić information content (AvgIpc) is 2.26. The van der Waals surface area contributed by atoms with Crippen LogP contribution in [0.25, 0.3) is 6.08 Å². The zero-order chi connectivity index (χ0) is 12.9. The van der Waals surface area contributed by atoms with Gasteiger partial charge >= 0.3 is 12.1 Å². The number of nitrogens with one attached hydrogen (secondary N) is 1. The van der Waals surface area contributed by atoms with Gasteiger partial charge in [-0.25, -0.2) is 0 Å². The Morgan fingerprint density at radius 3 is 2.24 bits per heavy atom. The average molecular weight is 243 g/mol. The van der Waals surface area contributed by atoms with Crippen LogP contribution in [0.5, 0.6) is 0 Å². The number of imide groups is 1. The van der Waals surface area contributed by atoms with Crippen molar-refractivity contribution < 1.29 is 22.8 Å². The predicted molar refractivity (Wildman–Crippen MR) is 54.7 cm³/mol. The molecule has 0 saturated carbocycles. The van der Waals surface area contributed by atoms with Gasteiger partial charge in [-0.2, -0.15) is 13.2 Å². The standard InChI is InChI=1S/C11H8F3NO2/c12-11(13,14)10(17)15-9(16)7-6-8-4-2-1-3-5-8/h1-7H,(H,15,16,17). The van der Waals surface area contributed by atoms with E-state index in [1.54, 1.807) is 30.3 Å². The molecule has 17 heavy (non-hydrogen) atoms. The summed E-state index contributed by atoms with van der Waals surface area (Å²) < 4.78 is 35.4. The molecule has 0 aliphatic heterocycles. The summed E-state index contributed by atoms with van der Waals surface area (Å²) in [4.78, 5) is 21.4. The second kappa shape index (κ2) is 5.29. The van der Waals surface area contributed by atoms with Gasteiger partial charge in [-0.05, 0) is 11.6 Å². The molecule has 0 spiro atoms. The minimum atomic E-state index is -5.06. The zero-order valence-corrected chi connectivity index (χ0v) is 8.49. The minimum absolute atomic E-state index is 0.641. The monoisotopic (exact) mass is 243 g/mol. The highest BCUT2D eigenvalue weighted by Gasteiger charge is 2.39. The first-order chi connectivity index (χ1) is 7.89. The highest BCUT2D eigenvalue weighted by atomic mass is 19.4. The van der Waals surface area contributed by atoms with Crippen molar-refractivity contribution >= 4 is 17.9 Å². The number of rotatable bonds is 2. The number of amides is 2. The van der Waals surface area contributed by atoms with Crippen LogP contribution in [0.3, 0.4) is 0 Å². The summed E-state index contributed by atoms with van der Waals surface area (Å²) in [6.07, 6.45) is -2.89. The Kier molecular flexibility index (Phi) is 4.03. The molecule has 2 amide bonds. The van der Waals surface area contributed by atoms with Crippen LogP contribution < -0.4 is 5.32 Å². The van der Waals surface area contributed by atoms with E-state index in [-0.39, 0.29) is 0 Å². The van der Waals surface area contributed by atoms with Gasteiger partial charge in [0.2, 0.25) is 0 Å². The first-order valence-electron chi connectivity index (χ1n) is 4.55. The molecule has 1 rings (SSSR count). The molecule has 0 radical (unpaired) electrons. The summed E-state index contributed by atoms with van der Waals surface area (Å²) in [6.45, 7) is 0. The lowest BCUT2D eigenvalue weighted by Gasteiger charge is -2.03. The van der Waals surface area contributed by atoms with Crippen molar-refractivity contribution in [3.63, 3.8) is 0 Å². The van der Waals surface area contributed by atoms with E-state index in [0.717, 1.165) is 6.08 Å². The molecule has 0 bridgehead atoms. The molecule has 0 aliphatic rings. The Hall–Kier alpha value is -2.11. The fourth-order valence-electron chi connectivity index (χ4n) is 0.960. The lowest BCUT2D eigenvalue weighted by atomic mass is 10.2. The predicted octanol–water partition coefficient (Wildman–Crippen LogP) is 1.90. The summed E-state index contributed by atoms with van der Waals surface area (Å²) in [7, 11) is 0. The Labute approximate surface area is 94.9 Å². The van der Waals surface area contributed by atoms with E-state index in [2.05, 4.69) is 0 Å². The van der Waals surface area contributed by atoms with Crippen molar-refractivity contribution in [1.82, 2.24) is 5.32 Å². The smallest absolute Gasteiger partial charge is 0.285 e. The molecule has 0 aliphatic carbocycles. The lowest BCUT2D eigenvalue weighted by Crippen LogP contribution is -2.39. The molecule has 0 unspecified atom stereocenters. The highest BCUT2D eigenvalue weighted by molar-refractivity contribution is 6.04. The third-order valence-electron chi connectivity index (χ3n) is 1.72. The summed E-state index contributed by atoms with van der Waals surface area (Å²) in [6, 6.07) is 8.49. The van der Waals surface area contributed by atoms with Crippen molar-refractivity contribution in [2.24, 2.45) is 0 Å². The molecular weight excluding hydrogens is 235 g/mol. The van der Waals surface area contributed by atoms with Gasteiger partial charge in [-0.15, -0.1) is 0 Å². The van der Waals surface area contributed by atoms with Crippen LogP contribution in [0.2, 0.25) is 0 Å². The number of alkyl halides is 3. The number of hydrogen-bond donors (Lipinski definition) is 1. The molecule has 1 aromatic carbocycles. The Bertz CT molecular complexity index is 438. The number of carbonyl (C=O) groups excluding carboxylic acids is 2. The Morgan fingerprint density at radius 2 is 1.71 bits per heavy atom. The van der Waals surface area contributed by atoms with Crippen LogP contribution in [-0.4, -0.2) is 18.0 Å². The van der Waals surface area contributed by atoms with E-state index in [1.165, 1.54) is 11.4 Å². The number of halogens is 3. The minimum Gasteiger partial charge on any atom is -0.285 e. The van der Waals surface area contributed by atoms with Crippen LogP contribution in [0, 0.1) is 0 Å². The summed E-state index contributed by atoms with van der Waals surface area (Å²) in [5.74, 6) is -3.39. The van der Waals surface area contributed by atoms with Crippen LogP contribution in [0.1, 0.15) is 5.56 Å². The van der Waals surface area contributed by atoms with E-state index in [9.17, 15) is 22.8 Å². The van der Waals surface area contributed by atoms with Gasteiger partial charge in [-0.3, -0.25) is 14.9 Å². The van der Waals surface area contributed by atoms with E-state index in [1.807, 2.05) is 0 Å². The van der Waals surface area contributed by atoms with Crippen molar-refractivity contribution in [3.05, 3.63) is 42.0 Å². The molecule has 1 N–H and O–H groups in total. The van der Waals surface area contributed by atoms with Crippen molar-refractivity contribution in [2.75, 3.05) is 0 Å². The second-order valence-electron chi connectivity index (χ2n) is 3.06. The molecule has 3 nitrogen and oxygen atoms in total. The molecule has 0 aromatic heterocycles. The third-order valence-corrected chi connectivity index (χ3v) is 1.72. The summed E-state index contributed by atoms with van der Waals surface area (Å²) >= 11 is 0. The maximum Gasteiger partial charge on any atom is 0.471 e. The molecule has 90 valence electrons. The molecule has 0 heterocycles. The molecular formula is C11H8F3NO2. The molecule has 0 saturated heterocycles. The van der Waals surface area contributed by atoms with Crippen LogP contribution in [0.4, 0.5) is 13.2 Å². The van der Waals surface area contributed by atoms with Gasteiger partial charge in [0.05, 0.1) is 0 Å². The molecule has 0 fully saturated rings. The van der Waals surface area contributed by atoms with Gasteiger partial charge in [-0.1, -0.05) is 30.3 Å². The van der Waals surface area contributed by atoms with Crippen LogP contribution in [0.15, 0.2) is 36.4 Å². The SMILES string of the molecule is O=C(C=Cc1ccccc1)NC(=O)C(F)(F)F. The topological polar surface area (TPSA) is 46.2 Å². The van der Waals surface area contributed by atoms with Crippen molar-refractivity contribution in [3.8, 4) is 0 Å². The van der Waals surface area contributed by atoms with Gasteiger partial charge in [0.15, 0.2) is 0 Å². The lowest BCUT2D eigenvalue weighted by molar-refractivity contribution is -0.174. The maximum absolute atomic E-state index is 11.8. The highest BCUT2D eigenvalue weighted by Crippen LogP contribution is 2.13.